The molecule has 1 rings (SSSR count). The molecule has 0 fully saturated rings. The zero-order valence-electron chi connectivity index (χ0n) is 13.2. The molecular weight excluding hydrogens is 308 g/mol. The minimum atomic E-state index is -2.71. The summed E-state index contributed by atoms with van der Waals surface area (Å²) in [5.41, 5.74) is 0. The van der Waals surface area contributed by atoms with Gasteiger partial charge in [-0.15, -0.1) is 10.2 Å². The topological polar surface area (TPSA) is 128 Å². The van der Waals surface area contributed by atoms with Crippen LogP contribution in [0.25, 0.3) is 0 Å². The summed E-state index contributed by atoms with van der Waals surface area (Å²) in [5.74, 6) is 5.16. The predicted molar refractivity (Wildman–Crippen MR) is 79.5 cm³/mol. The molecule has 22 heavy (non-hydrogen) atoms. The normalized spacial score (nSPS) is 11.6. The first kappa shape index (κ1) is 18.6. The van der Waals surface area contributed by atoms with E-state index in [1.54, 1.807) is 0 Å². The molecule has 126 valence electrons. The van der Waals surface area contributed by atoms with E-state index in [1.807, 2.05) is 20.8 Å². The van der Waals surface area contributed by atoms with Gasteiger partial charge in [-0.3, -0.25) is 9.80 Å². The number of hydrazine groups is 1. The number of aromatic nitrogens is 4. The highest BCUT2D eigenvalue weighted by Gasteiger charge is 2.39. The van der Waals surface area contributed by atoms with Gasteiger partial charge in [0.15, 0.2) is 0 Å². The van der Waals surface area contributed by atoms with E-state index in [0.717, 1.165) is 5.01 Å². The molecule has 0 saturated carbocycles. The molecule has 1 aromatic heterocycles. The summed E-state index contributed by atoms with van der Waals surface area (Å²) < 4.78 is 17.2. The molecule has 0 aromatic carbocycles. The zero-order valence-corrected chi connectivity index (χ0v) is 14.2. The molecule has 1 amide bonds. The Balaban J connectivity index is 2.52. The molecule has 10 nitrogen and oxygen atoms in total. The average molecular weight is 332 g/mol. The van der Waals surface area contributed by atoms with Crippen molar-refractivity contribution < 1.29 is 18.1 Å². The number of hydrogen-bond acceptors (Lipinski definition) is 8. The summed E-state index contributed by atoms with van der Waals surface area (Å²) in [6, 6.07) is 0.579. The van der Waals surface area contributed by atoms with Crippen molar-refractivity contribution in [2.75, 3.05) is 26.4 Å². The van der Waals surface area contributed by atoms with E-state index >= 15 is 0 Å². The fourth-order valence-corrected chi connectivity index (χ4v) is 4.54. The second-order valence-corrected chi connectivity index (χ2v) is 7.05. The zero-order chi connectivity index (χ0) is 16.4. The number of tetrazole rings is 1. The van der Waals surface area contributed by atoms with Crippen molar-refractivity contribution in [2.24, 2.45) is 5.84 Å². The maximum atomic E-state index is 11.9. The molecule has 0 aliphatic rings. The number of rotatable bonds is 11. The third-order valence-electron chi connectivity index (χ3n) is 2.77. The largest absolute Gasteiger partial charge is 0.500 e. The number of nitrogens with two attached hydrogens (primary N) is 1. The first-order chi connectivity index (χ1) is 10.6. The molecule has 0 spiro atoms. The van der Waals surface area contributed by atoms with Gasteiger partial charge in [0, 0.05) is 32.4 Å². The molecule has 0 bridgehead atoms. The Kier molecular flexibility index (Phi) is 8.12. The minimum absolute atomic E-state index is 0.0644. The van der Waals surface area contributed by atoms with Crippen LogP contribution in [-0.4, -0.2) is 66.7 Å². The Morgan fingerprint density at radius 1 is 1.23 bits per heavy atom. The van der Waals surface area contributed by atoms with Gasteiger partial charge in [0.05, 0.1) is 0 Å². The summed E-state index contributed by atoms with van der Waals surface area (Å²) >= 11 is 0. The number of carbonyl (C=O) groups excluding carboxylic acids is 1. The van der Waals surface area contributed by atoms with Crippen LogP contribution < -0.4 is 5.84 Å². The first-order valence-corrected chi connectivity index (χ1v) is 9.23. The molecule has 0 aliphatic heterocycles. The lowest BCUT2D eigenvalue weighted by Gasteiger charge is -2.28. The quantitative estimate of drug-likeness (QED) is 0.250. The Morgan fingerprint density at radius 2 is 1.82 bits per heavy atom. The van der Waals surface area contributed by atoms with Crippen molar-refractivity contribution in [2.45, 2.75) is 33.2 Å². The number of hydrogen-bond donors (Lipinski definition) is 2. The number of carbonyl (C=O) groups is 1. The SMILES string of the molecule is CCO[Si](CCCN(N)C(=O)c1nn[nH]n1)(OCC)OCC. The highest BCUT2D eigenvalue weighted by molar-refractivity contribution is 6.60. The molecular formula is C11H24N6O4Si. The number of nitrogens with one attached hydrogen (secondary N) is 1. The van der Waals surface area contributed by atoms with Crippen LogP contribution in [0.2, 0.25) is 6.04 Å². The van der Waals surface area contributed by atoms with E-state index in [1.165, 1.54) is 0 Å². The molecule has 11 heteroatoms. The lowest BCUT2D eigenvalue weighted by atomic mass is 10.4. The lowest BCUT2D eigenvalue weighted by Crippen LogP contribution is -2.47. The lowest BCUT2D eigenvalue weighted by molar-refractivity contribution is 0.0660. The summed E-state index contributed by atoms with van der Waals surface area (Å²) in [5, 5.41) is 13.8. The van der Waals surface area contributed by atoms with E-state index in [2.05, 4.69) is 20.6 Å². The summed E-state index contributed by atoms with van der Waals surface area (Å²) in [4.78, 5) is 11.9. The first-order valence-electron chi connectivity index (χ1n) is 7.30. The average Bonchev–Trinajstić information content (AvgIpc) is 3.01. The molecule has 0 radical (unpaired) electrons. The van der Waals surface area contributed by atoms with Gasteiger partial charge in [0.25, 0.3) is 5.82 Å². The highest BCUT2D eigenvalue weighted by Crippen LogP contribution is 2.18. The van der Waals surface area contributed by atoms with E-state index in [0.29, 0.717) is 38.8 Å². The van der Waals surface area contributed by atoms with Gasteiger partial charge in [-0.2, -0.15) is 5.21 Å². The van der Waals surface area contributed by atoms with E-state index in [4.69, 9.17) is 19.1 Å². The van der Waals surface area contributed by atoms with Crippen LogP contribution in [-0.2, 0) is 13.3 Å². The van der Waals surface area contributed by atoms with Gasteiger partial charge in [-0.25, -0.2) is 5.84 Å². The van der Waals surface area contributed by atoms with Crippen molar-refractivity contribution in [3.8, 4) is 0 Å². The van der Waals surface area contributed by atoms with Crippen molar-refractivity contribution in [3.63, 3.8) is 0 Å². The van der Waals surface area contributed by atoms with Gasteiger partial charge in [0.2, 0.25) is 0 Å². The molecule has 0 unspecified atom stereocenters. The molecule has 1 heterocycles. The molecule has 0 aliphatic carbocycles. The van der Waals surface area contributed by atoms with E-state index in [-0.39, 0.29) is 5.82 Å². The third kappa shape index (κ3) is 5.42. The molecule has 1 aromatic rings. The monoisotopic (exact) mass is 332 g/mol. The van der Waals surface area contributed by atoms with Crippen LogP contribution in [0.3, 0.4) is 0 Å². The fraction of sp³-hybridized carbons (Fsp3) is 0.818. The number of nitrogens with zero attached hydrogens (tertiary/aromatic N) is 4. The Bertz CT molecular complexity index is 415. The van der Waals surface area contributed by atoms with Gasteiger partial charge in [-0.05, 0) is 32.4 Å². The Morgan fingerprint density at radius 3 is 2.27 bits per heavy atom. The second kappa shape index (κ2) is 9.58. The van der Waals surface area contributed by atoms with Crippen LogP contribution in [0.4, 0.5) is 0 Å². The van der Waals surface area contributed by atoms with Gasteiger partial charge in [-0.1, -0.05) is 0 Å². The molecule has 3 N–H and O–H groups in total. The van der Waals surface area contributed by atoms with Crippen molar-refractivity contribution in [3.05, 3.63) is 5.82 Å². The number of amides is 1. The van der Waals surface area contributed by atoms with Crippen molar-refractivity contribution in [1.29, 1.82) is 0 Å². The van der Waals surface area contributed by atoms with E-state index < -0.39 is 14.7 Å². The maximum absolute atomic E-state index is 11.9. The second-order valence-electron chi connectivity index (χ2n) is 4.32. The molecule has 0 atom stereocenters. The smallest absolute Gasteiger partial charge is 0.374 e. The van der Waals surface area contributed by atoms with Crippen LogP contribution in [0.1, 0.15) is 37.8 Å². The third-order valence-corrected chi connectivity index (χ3v) is 5.92. The van der Waals surface area contributed by atoms with Gasteiger partial charge < -0.3 is 13.3 Å². The van der Waals surface area contributed by atoms with Crippen molar-refractivity contribution in [1.82, 2.24) is 25.6 Å². The molecule has 0 saturated heterocycles. The predicted octanol–water partition coefficient (Wildman–Crippen LogP) is -0.0459. The van der Waals surface area contributed by atoms with Gasteiger partial charge in [0.1, 0.15) is 0 Å². The summed E-state index contributed by atoms with van der Waals surface area (Å²) in [7, 11) is -2.71. The van der Waals surface area contributed by atoms with Crippen LogP contribution in [0.15, 0.2) is 0 Å². The van der Waals surface area contributed by atoms with E-state index in [9.17, 15) is 4.79 Å². The highest BCUT2D eigenvalue weighted by atomic mass is 28.4. The fourth-order valence-electron chi connectivity index (χ4n) is 1.95. The Labute approximate surface area is 130 Å². The van der Waals surface area contributed by atoms with Crippen molar-refractivity contribution >= 4 is 14.7 Å². The summed E-state index contributed by atoms with van der Waals surface area (Å²) in [6.07, 6.45) is 0.590. The number of aromatic amines is 1. The number of H-pyrrole nitrogens is 1. The van der Waals surface area contributed by atoms with Crippen LogP contribution in [0, 0.1) is 0 Å². The van der Waals surface area contributed by atoms with Crippen LogP contribution in [0.5, 0.6) is 0 Å². The Hall–Kier alpha value is -1.40. The maximum Gasteiger partial charge on any atom is 0.500 e. The standard InChI is InChI=1S/C11H24N6O4Si/c1-4-19-22(20-5-2,21-6-3)9-7-8-17(12)11(18)10-13-15-16-14-10/h4-9,12H2,1-3H3,(H,13,14,15,16). The van der Waals surface area contributed by atoms with Gasteiger partial charge >= 0.3 is 14.7 Å². The summed E-state index contributed by atoms with van der Waals surface area (Å²) in [6.45, 7) is 7.55. The van der Waals surface area contributed by atoms with Crippen LogP contribution >= 0.6 is 0 Å². The minimum Gasteiger partial charge on any atom is -0.374 e.